The highest BCUT2D eigenvalue weighted by atomic mass is 16.6. The van der Waals surface area contributed by atoms with Crippen molar-refractivity contribution in [2.24, 2.45) is 0 Å². The zero-order valence-electron chi connectivity index (χ0n) is 15.7. The van der Waals surface area contributed by atoms with E-state index in [4.69, 9.17) is 9.47 Å². The molecule has 4 rings (SSSR count). The Morgan fingerprint density at radius 2 is 1.89 bits per heavy atom. The highest BCUT2D eigenvalue weighted by Crippen LogP contribution is 2.35. The monoisotopic (exact) mass is 368 g/mol. The Bertz CT molecular complexity index is 882. The molecule has 142 valence electrons. The third kappa shape index (κ3) is 3.82. The van der Waals surface area contributed by atoms with Crippen molar-refractivity contribution < 1.29 is 14.3 Å². The molecule has 1 aliphatic carbocycles. The van der Waals surface area contributed by atoms with E-state index in [0.717, 1.165) is 36.3 Å². The maximum Gasteiger partial charge on any atom is 0.319 e. The van der Waals surface area contributed by atoms with E-state index in [0.29, 0.717) is 43.4 Å². The molecule has 0 saturated carbocycles. The van der Waals surface area contributed by atoms with Gasteiger partial charge in [-0.25, -0.2) is 14.8 Å². The Kier molecular flexibility index (Phi) is 4.83. The average Bonchev–Trinajstić information content (AvgIpc) is 3.11. The first-order chi connectivity index (χ1) is 13.1. The van der Waals surface area contributed by atoms with Gasteiger partial charge in [0.25, 0.3) is 0 Å². The number of carbonyl (C=O) groups excluding carboxylic acids is 1. The molecule has 1 aromatic heterocycles. The van der Waals surface area contributed by atoms with Crippen molar-refractivity contribution in [3.05, 3.63) is 40.5 Å². The molecule has 2 aromatic rings. The molecule has 2 heterocycles. The van der Waals surface area contributed by atoms with Crippen molar-refractivity contribution in [2.45, 2.75) is 39.5 Å². The molecule has 7 heteroatoms. The van der Waals surface area contributed by atoms with Gasteiger partial charge < -0.3 is 20.1 Å². The number of urea groups is 1. The number of rotatable bonds is 4. The number of nitrogens with one attached hydrogen (secondary N) is 2. The molecule has 2 N–H and O–H groups in total. The van der Waals surface area contributed by atoms with Gasteiger partial charge in [0.1, 0.15) is 19.0 Å². The van der Waals surface area contributed by atoms with Crippen LogP contribution in [0.5, 0.6) is 11.5 Å². The molecule has 0 atom stereocenters. The van der Waals surface area contributed by atoms with Crippen LogP contribution in [0.2, 0.25) is 0 Å². The molecule has 2 amide bonds. The largest absolute Gasteiger partial charge is 0.486 e. The van der Waals surface area contributed by atoms with Gasteiger partial charge >= 0.3 is 6.03 Å². The Balaban J connectivity index is 1.33. The summed E-state index contributed by atoms with van der Waals surface area (Å²) in [6.07, 6.45) is 3.88. The SMILES string of the molecule is Cc1cc2c(cc1NC(=O)NCCc1nc(C)c3c(n1)CCC3)OCCO2. The van der Waals surface area contributed by atoms with Crippen LogP contribution in [0.25, 0.3) is 0 Å². The molecule has 27 heavy (non-hydrogen) atoms. The zero-order chi connectivity index (χ0) is 18.8. The minimum absolute atomic E-state index is 0.257. The number of benzene rings is 1. The summed E-state index contributed by atoms with van der Waals surface area (Å²) in [5.41, 5.74) is 5.18. The van der Waals surface area contributed by atoms with E-state index in [-0.39, 0.29) is 6.03 Å². The molecule has 7 nitrogen and oxygen atoms in total. The molecular formula is C20H24N4O3. The molecule has 1 aliphatic heterocycles. The summed E-state index contributed by atoms with van der Waals surface area (Å²) < 4.78 is 11.1. The second-order valence-electron chi connectivity index (χ2n) is 6.95. The van der Waals surface area contributed by atoms with E-state index in [1.807, 2.05) is 19.9 Å². The van der Waals surface area contributed by atoms with Crippen molar-refractivity contribution >= 4 is 11.7 Å². The van der Waals surface area contributed by atoms with Gasteiger partial charge in [0.15, 0.2) is 11.5 Å². The predicted molar refractivity (Wildman–Crippen MR) is 102 cm³/mol. The lowest BCUT2D eigenvalue weighted by Gasteiger charge is -2.20. The van der Waals surface area contributed by atoms with Crippen molar-refractivity contribution in [3.63, 3.8) is 0 Å². The lowest BCUT2D eigenvalue weighted by Crippen LogP contribution is -2.31. The summed E-state index contributed by atoms with van der Waals surface area (Å²) in [6.45, 7) is 5.51. The number of amides is 2. The first kappa shape index (κ1) is 17.6. The zero-order valence-corrected chi connectivity index (χ0v) is 15.7. The van der Waals surface area contributed by atoms with Crippen LogP contribution < -0.4 is 20.1 Å². The summed E-state index contributed by atoms with van der Waals surface area (Å²) >= 11 is 0. The van der Waals surface area contributed by atoms with Crippen LogP contribution in [0.1, 0.15) is 34.8 Å². The van der Waals surface area contributed by atoms with Crippen molar-refractivity contribution in [2.75, 3.05) is 25.1 Å². The summed E-state index contributed by atoms with van der Waals surface area (Å²) in [6, 6.07) is 3.43. The Labute approximate surface area is 158 Å². The van der Waals surface area contributed by atoms with Gasteiger partial charge in [-0.05, 0) is 50.3 Å². The Hall–Kier alpha value is -2.83. The average molecular weight is 368 g/mol. The maximum atomic E-state index is 12.2. The van der Waals surface area contributed by atoms with Gasteiger partial charge in [0, 0.05) is 36.1 Å². The number of aryl methyl sites for hydroxylation is 3. The molecular weight excluding hydrogens is 344 g/mol. The number of hydrogen-bond acceptors (Lipinski definition) is 5. The van der Waals surface area contributed by atoms with Gasteiger partial charge in [-0.1, -0.05) is 0 Å². The van der Waals surface area contributed by atoms with E-state index in [1.54, 1.807) is 6.07 Å². The van der Waals surface area contributed by atoms with E-state index in [9.17, 15) is 4.79 Å². The standard InChI is InChI=1S/C20H24N4O3/c1-12-10-17-18(27-9-8-26-17)11-16(12)24-20(25)21-7-6-19-22-13(2)14-4-3-5-15(14)23-19/h10-11H,3-9H2,1-2H3,(H2,21,24,25). The minimum atomic E-state index is -0.257. The highest BCUT2D eigenvalue weighted by molar-refractivity contribution is 5.90. The van der Waals surface area contributed by atoms with E-state index in [2.05, 4.69) is 20.6 Å². The molecule has 1 aromatic carbocycles. The van der Waals surface area contributed by atoms with Crippen LogP contribution in [-0.2, 0) is 19.3 Å². The van der Waals surface area contributed by atoms with Crippen molar-refractivity contribution in [3.8, 4) is 11.5 Å². The quantitative estimate of drug-likeness (QED) is 0.867. The van der Waals surface area contributed by atoms with Crippen LogP contribution >= 0.6 is 0 Å². The van der Waals surface area contributed by atoms with Gasteiger partial charge in [0.2, 0.25) is 0 Å². The Morgan fingerprint density at radius 1 is 1.11 bits per heavy atom. The van der Waals surface area contributed by atoms with Crippen LogP contribution in [0.15, 0.2) is 12.1 Å². The number of anilines is 1. The molecule has 2 aliphatic rings. The molecule has 0 saturated heterocycles. The molecule has 0 bridgehead atoms. The first-order valence-corrected chi connectivity index (χ1v) is 9.40. The number of aromatic nitrogens is 2. The van der Waals surface area contributed by atoms with Gasteiger partial charge in [-0.3, -0.25) is 0 Å². The number of hydrogen-bond donors (Lipinski definition) is 2. The lowest BCUT2D eigenvalue weighted by molar-refractivity contribution is 0.171. The minimum Gasteiger partial charge on any atom is -0.486 e. The van der Waals surface area contributed by atoms with E-state index >= 15 is 0 Å². The second kappa shape index (κ2) is 7.42. The van der Waals surface area contributed by atoms with Crippen LogP contribution in [0.3, 0.4) is 0 Å². The molecule has 0 radical (unpaired) electrons. The molecule has 0 fully saturated rings. The Morgan fingerprint density at radius 3 is 2.70 bits per heavy atom. The van der Waals surface area contributed by atoms with E-state index in [1.165, 1.54) is 11.3 Å². The molecule has 0 spiro atoms. The maximum absolute atomic E-state index is 12.2. The summed E-state index contributed by atoms with van der Waals surface area (Å²) in [5, 5.41) is 5.75. The summed E-state index contributed by atoms with van der Waals surface area (Å²) in [4.78, 5) is 21.5. The fourth-order valence-corrected chi connectivity index (χ4v) is 3.57. The fraction of sp³-hybridized carbons (Fsp3) is 0.450. The normalized spacial score (nSPS) is 14.6. The topological polar surface area (TPSA) is 85.4 Å². The van der Waals surface area contributed by atoms with Crippen molar-refractivity contribution in [1.82, 2.24) is 15.3 Å². The lowest BCUT2D eigenvalue weighted by atomic mass is 10.1. The van der Waals surface area contributed by atoms with Crippen LogP contribution in [-0.4, -0.2) is 35.8 Å². The van der Waals surface area contributed by atoms with Gasteiger partial charge in [-0.15, -0.1) is 0 Å². The third-order valence-electron chi connectivity index (χ3n) is 4.96. The predicted octanol–water partition coefficient (Wildman–Crippen LogP) is 2.72. The van der Waals surface area contributed by atoms with Crippen LogP contribution in [0.4, 0.5) is 10.5 Å². The number of ether oxygens (including phenoxy) is 2. The highest BCUT2D eigenvalue weighted by Gasteiger charge is 2.17. The second-order valence-corrected chi connectivity index (χ2v) is 6.95. The van der Waals surface area contributed by atoms with Gasteiger partial charge in [-0.2, -0.15) is 0 Å². The summed E-state index contributed by atoms with van der Waals surface area (Å²) in [7, 11) is 0. The first-order valence-electron chi connectivity index (χ1n) is 9.40. The van der Waals surface area contributed by atoms with E-state index < -0.39 is 0 Å². The number of fused-ring (bicyclic) bond motifs is 2. The number of nitrogens with zero attached hydrogens (tertiary/aromatic N) is 2. The van der Waals surface area contributed by atoms with Crippen LogP contribution in [0, 0.1) is 13.8 Å². The third-order valence-corrected chi connectivity index (χ3v) is 4.96. The summed E-state index contributed by atoms with van der Waals surface area (Å²) in [5.74, 6) is 2.17. The fourth-order valence-electron chi connectivity index (χ4n) is 3.57. The smallest absolute Gasteiger partial charge is 0.319 e. The van der Waals surface area contributed by atoms with Gasteiger partial charge in [0.05, 0.1) is 0 Å². The molecule has 0 unspecified atom stereocenters. The number of carbonyl (C=O) groups is 1. The van der Waals surface area contributed by atoms with Crippen molar-refractivity contribution in [1.29, 1.82) is 0 Å².